The highest BCUT2D eigenvalue weighted by Crippen LogP contribution is 2.24. The van der Waals surface area contributed by atoms with Crippen LogP contribution in [0.5, 0.6) is 0 Å². The van der Waals surface area contributed by atoms with Crippen LogP contribution in [0.3, 0.4) is 0 Å². The molecule has 0 saturated heterocycles. The summed E-state index contributed by atoms with van der Waals surface area (Å²) in [5.41, 5.74) is 0. The fourth-order valence-corrected chi connectivity index (χ4v) is 2.01. The minimum absolute atomic E-state index is 0.0486. The zero-order valence-corrected chi connectivity index (χ0v) is 11.0. The lowest BCUT2D eigenvalue weighted by atomic mass is 9.86. The number of amides is 1. The van der Waals surface area contributed by atoms with E-state index in [0.717, 1.165) is 0 Å². The van der Waals surface area contributed by atoms with Gasteiger partial charge in [-0.15, -0.1) is 0 Å². The van der Waals surface area contributed by atoms with Gasteiger partial charge in [0.05, 0.1) is 5.92 Å². The van der Waals surface area contributed by atoms with E-state index in [0.29, 0.717) is 38.8 Å². The normalized spacial score (nSPS) is 23.7. The number of carbonyl (C=O) groups is 2. The van der Waals surface area contributed by atoms with Gasteiger partial charge in [0.15, 0.2) is 0 Å². The highest BCUT2D eigenvalue weighted by atomic mass is 16.5. The van der Waals surface area contributed by atoms with Crippen molar-refractivity contribution in [3.05, 3.63) is 0 Å². The average Bonchev–Trinajstić information content (AvgIpc) is 2.29. The van der Waals surface area contributed by atoms with E-state index < -0.39 is 12.1 Å². The third-order valence-electron chi connectivity index (χ3n) is 3.17. The number of rotatable bonds is 5. The molecule has 0 aromatic carbocycles. The minimum Gasteiger partial charge on any atom is -0.481 e. The van der Waals surface area contributed by atoms with Crippen molar-refractivity contribution in [2.75, 3.05) is 27.2 Å². The van der Waals surface area contributed by atoms with Gasteiger partial charge in [0.1, 0.15) is 6.61 Å². The number of ether oxygens (including phenoxy) is 1. The van der Waals surface area contributed by atoms with E-state index in [1.54, 1.807) is 0 Å². The van der Waals surface area contributed by atoms with Gasteiger partial charge < -0.3 is 20.1 Å². The Morgan fingerprint density at radius 1 is 1.28 bits per heavy atom. The van der Waals surface area contributed by atoms with Gasteiger partial charge in [-0.3, -0.25) is 4.79 Å². The van der Waals surface area contributed by atoms with E-state index in [4.69, 9.17) is 9.84 Å². The lowest BCUT2D eigenvalue weighted by molar-refractivity contribution is -0.142. The predicted molar refractivity (Wildman–Crippen MR) is 66.4 cm³/mol. The van der Waals surface area contributed by atoms with Crippen molar-refractivity contribution < 1.29 is 19.4 Å². The molecule has 1 saturated carbocycles. The molecular formula is C12H22N2O4. The maximum absolute atomic E-state index is 11.4. The number of carboxylic acid groups (broad SMARTS) is 1. The van der Waals surface area contributed by atoms with Crippen LogP contribution in [0, 0.1) is 5.92 Å². The maximum Gasteiger partial charge on any atom is 0.407 e. The van der Waals surface area contributed by atoms with Gasteiger partial charge >= 0.3 is 12.1 Å². The predicted octanol–water partition coefficient (Wildman–Crippen LogP) is 0.918. The van der Waals surface area contributed by atoms with E-state index in [1.807, 2.05) is 19.0 Å². The fraction of sp³-hybridized carbons (Fsp3) is 0.833. The van der Waals surface area contributed by atoms with Gasteiger partial charge in [-0.2, -0.15) is 0 Å². The number of nitrogens with one attached hydrogen (secondary N) is 1. The van der Waals surface area contributed by atoms with Crippen molar-refractivity contribution in [3.8, 4) is 0 Å². The highest BCUT2D eigenvalue weighted by Gasteiger charge is 2.26. The average molecular weight is 258 g/mol. The molecule has 6 nitrogen and oxygen atoms in total. The smallest absolute Gasteiger partial charge is 0.407 e. The second-order valence-electron chi connectivity index (χ2n) is 4.97. The first kappa shape index (κ1) is 14.8. The number of carboxylic acids is 1. The van der Waals surface area contributed by atoms with Crippen LogP contribution in [-0.2, 0) is 9.53 Å². The van der Waals surface area contributed by atoms with E-state index in [9.17, 15) is 9.59 Å². The van der Waals surface area contributed by atoms with Crippen LogP contribution in [0.25, 0.3) is 0 Å². The number of likely N-dealkylation sites (N-methyl/N-ethyl adjacent to an activating group) is 1. The molecule has 18 heavy (non-hydrogen) atoms. The summed E-state index contributed by atoms with van der Waals surface area (Å²) in [6.45, 7) is 1.06. The Morgan fingerprint density at radius 2 is 1.89 bits per heavy atom. The van der Waals surface area contributed by atoms with Gasteiger partial charge in [-0.25, -0.2) is 4.79 Å². The molecule has 2 N–H and O–H groups in total. The molecule has 0 unspecified atom stereocenters. The van der Waals surface area contributed by atoms with Gasteiger partial charge in [-0.1, -0.05) is 0 Å². The standard InChI is InChI=1S/C12H22N2O4/c1-14(2)7-8-18-12(17)13-10-5-3-9(4-6-10)11(15)16/h9-10H,3-8H2,1-2H3,(H,13,17)(H,15,16). The third kappa shape index (κ3) is 5.35. The first-order valence-corrected chi connectivity index (χ1v) is 6.30. The number of carbonyl (C=O) groups excluding carboxylic acids is 1. The molecule has 1 amide bonds. The van der Waals surface area contributed by atoms with Gasteiger partial charge in [0, 0.05) is 12.6 Å². The fourth-order valence-electron chi connectivity index (χ4n) is 2.01. The van der Waals surface area contributed by atoms with Gasteiger partial charge in [0.2, 0.25) is 0 Å². The summed E-state index contributed by atoms with van der Waals surface area (Å²) in [5.74, 6) is -0.991. The maximum atomic E-state index is 11.4. The second kappa shape index (κ2) is 7.20. The SMILES string of the molecule is CN(C)CCOC(=O)NC1CCC(C(=O)O)CC1. The molecule has 104 valence electrons. The topological polar surface area (TPSA) is 78.9 Å². The molecule has 1 fully saturated rings. The van der Waals surface area contributed by atoms with E-state index in [-0.39, 0.29) is 12.0 Å². The quantitative estimate of drug-likeness (QED) is 0.766. The number of aliphatic carboxylic acids is 1. The third-order valence-corrected chi connectivity index (χ3v) is 3.17. The summed E-state index contributed by atoms with van der Waals surface area (Å²) in [6.07, 6.45) is 2.26. The Hall–Kier alpha value is -1.30. The number of hydrogen-bond donors (Lipinski definition) is 2. The Balaban J connectivity index is 2.16. The molecule has 0 aromatic heterocycles. The highest BCUT2D eigenvalue weighted by molar-refractivity contribution is 5.70. The first-order valence-electron chi connectivity index (χ1n) is 6.30. The summed E-state index contributed by atoms with van der Waals surface area (Å²) in [6, 6.07) is 0.0486. The Bertz CT molecular complexity index is 286. The van der Waals surface area contributed by atoms with Crippen LogP contribution in [-0.4, -0.2) is 55.4 Å². The Labute approximate surface area is 107 Å². The molecule has 1 rings (SSSR count). The summed E-state index contributed by atoms with van der Waals surface area (Å²) in [5, 5.41) is 11.6. The van der Waals surface area contributed by atoms with Crippen molar-refractivity contribution in [3.63, 3.8) is 0 Å². The summed E-state index contributed by atoms with van der Waals surface area (Å²) < 4.78 is 5.02. The number of alkyl carbamates (subject to hydrolysis) is 1. The molecule has 0 aromatic rings. The molecular weight excluding hydrogens is 236 g/mol. The van der Waals surface area contributed by atoms with Crippen LogP contribution < -0.4 is 5.32 Å². The van der Waals surface area contributed by atoms with Gasteiger partial charge in [0.25, 0.3) is 0 Å². The van der Waals surface area contributed by atoms with Crippen molar-refractivity contribution in [1.29, 1.82) is 0 Å². The Kier molecular flexibility index (Phi) is 5.91. The van der Waals surface area contributed by atoms with E-state index in [1.165, 1.54) is 0 Å². The molecule has 0 bridgehead atoms. The monoisotopic (exact) mass is 258 g/mol. The summed E-state index contributed by atoms with van der Waals surface area (Å²) >= 11 is 0. The molecule has 0 spiro atoms. The van der Waals surface area contributed by atoms with Crippen molar-refractivity contribution in [2.24, 2.45) is 5.92 Å². The zero-order chi connectivity index (χ0) is 13.5. The number of nitrogens with zero attached hydrogens (tertiary/aromatic N) is 1. The van der Waals surface area contributed by atoms with Crippen molar-refractivity contribution in [2.45, 2.75) is 31.7 Å². The van der Waals surface area contributed by atoms with Crippen LogP contribution in [0.1, 0.15) is 25.7 Å². The lowest BCUT2D eigenvalue weighted by Gasteiger charge is -2.26. The molecule has 0 atom stereocenters. The van der Waals surface area contributed by atoms with Crippen molar-refractivity contribution in [1.82, 2.24) is 10.2 Å². The molecule has 1 aliphatic carbocycles. The zero-order valence-electron chi connectivity index (χ0n) is 11.0. The molecule has 0 radical (unpaired) electrons. The number of hydrogen-bond acceptors (Lipinski definition) is 4. The molecule has 0 heterocycles. The van der Waals surface area contributed by atoms with Crippen LogP contribution in [0.2, 0.25) is 0 Å². The lowest BCUT2D eigenvalue weighted by Crippen LogP contribution is -2.39. The second-order valence-corrected chi connectivity index (χ2v) is 4.97. The molecule has 0 aliphatic heterocycles. The van der Waals surface area contributed by atoms with Crippen LogP contribution >= 0.6 is 0 Å². The molecule has 6 heteroatoms. The summed E-state index contributed by atoms with van der Waals surface area (Å²) in [4.78, 5) is 24.1. The molecule has 1 aliphatic rings. The summed E-state index contributed by atoms with van der Waals surface area (Å²) in [7, 11) is 3.82. The first-order chi connectivity index (χ1) is 8.49. The van der Waals surface area contributed by atoms with Gasteiger partial charge in [-0.05, 0) is 39.8 Å². The van der Waals surface area contributed by atoms with Crippen LogP contribution in [0.4, 0.5) is 4.79 Å². The van der Waals surface area contributed by atoms with E-state index in [2.05, 4.69) is 5.32 Å². The minimum atomic E-state index is -0.734. The van der Waals surface area contributed by atoms with Crippen molar-refractivity contribution >= 4 is 12.1 Å². The largest absolute Gasteiger partial charge is 0.481 e. The Morgan fingerprint density at radius 3 is 2.39 bits per heavy atom. The van der Waals surface area contributed by atoms with Crippen LogP contribution in [0.15, 0.2) is 0 Å². The van der Waals surface area contributed by atoms with E-state index >= 15 is 0 Å².